The lowest BCUT2D eigenvalue weighted by molar-refractivity contribution is -0.132. The van der Waals surface area contributed by atoms with E-state index in [0.29, 0.717) is 71.2 Å². The van der Waals surface area contributed by atoms with Crippen LogP contribution < -0.4 is 23.8 Å². The predicted octanol–water partition coefficient (Wildman–Crippen LogP) is 6.27. The highest BCUT2D eigenvalue weighted by Gasteiger charge is 2.48. The molecule has 1 fully saturated rings. The molecule has 0 bridgehead atoms. The lowest BCUT2D eigenvalue weighted by Gasteiger charge is -2.24. The lowest BCUT2D eigenvalue weighted by atomic mass is 9.95. The van der Waals surface area contributed by atoms with Crippen molar-refractivity contribution < 1.29 is 33.6 Å². The van der Waals surface area contributed by atoms with Crippen molar-refractivity contribution in [1.82, 2.24) is 4.98 Å². The number of nitrogens with zero attached hydrogens (tertiary/aromatic N) is 2. The fraction of sp³-hybridized carbons (Fsp3) is 0.281. The van der Waals surface area contributed by atoms with Gasteiger partial charge in [-0.2, -0.15) is 0 Å². The Hall–Kier alpha value is -4.57. The van der Waals surface area contributed by atoms with Crippen LogP contribution in [-0.2, 0) is 9.59 Å². The van der Waals surface area contributed by atoms with Crippen molar-refractivity contribution in [2.45, 2.75) is 32.7 Å². The normalized spacial score (nSPS) is 17.6. The fourth-order valence-electron chi connectivity index (χ4n) is 5.05. The quantitative estimate of drug-likeness (QED) is 0.106. The standard InChI is InChI=1S/C32H30N2O7S/c1-3-5-13-39-21-8-6-7-19(16-21)28-27(29(35)20-9-12-24-25(17-20)41-15-14-40-24)30(36)31(37)34(28)32-33-23-11-10-22(38-4-2)18-26(23)42-32/h6-12,16-18,28,35H,3-5,13-15H2,1-2H3. The van der Waals surface area contributed by atoms with Crippen LogP contribution in [0.3, 0.4) is 0 Å². The van der Waals surface area contributed by atoms with Crippen LogP contribution in [0.1, 0.15) is 43.9 Å². The molecule has 216 valence electrons. The SMILES string of the molecule is CCCCOc1cccc(C2C(=C(O)c3ccc4c(c3)OCCO4)C(=O)C(=O)N2c2nc3ccc(OCC)cc3s2)c1. The molecule has 3 heterocycles. The first-order chi connectivity index (χ1) is 20.5. The van der Waals surface area contributed by atoms with E-state index in [2.05, 4.69) is 6.92 Å². The van der Waals surface area contributed by atoms with Gasteiger partial charge in [-0.25, -0.2) is 4.98 Å². The molecule has 2 aliphatic heterocycles. The summed E-state index contributed by atoms with van der Waals surface area (Å²) in [5.74, 6) is 0.409. The molecule has 0 radical (unpaired) electrons. The number of unbranched alkanes of at least 4 members (excludes halogenated alkanes) is 1. The lowest BCUT2D eigenvalue weighted by Crippen LogP contribution is -2.29. The first-order valence-corrected chi connectivity index (χ1v) is 14.8. The van der Waals surface area contributed by atoms with Crippen molar-refractivity contribution in [2.24, 2.45) is 0 Å². The smallest absolute Gasteiger partial charge is 0.301 e. The minimum Gasteiger partial charge on any atom is -0.507 e. The van der Waals surface area contributed by atoms with E-state index in [4.69, 9.17) is 23.9 Å². The van der Waals surface area contributed by atoms with Gasteiger partial charge < -0.3 is 24.1 Å². The Kier molecular flexibility index (Phi) is 7.71. The van der Waals surface area contributed by atoms with Gasteiger partial charge in [-0.3, -0.25) is 14.5 Å². The molecular weight excluding hydrogens is 556 g/mol. The van der Waals surface area contributed by atoms with Crippen LogP contribution in [0.25, 0.3) is 16.0 Å². The molecule has 1 N–H and O–H groups in total. The van der Waals surface area contributed by atoms with Crippen LogP contribution in [0.15, 0.2) is 66.2 Å². The average molecular weight is 587 g/mol. The van der Waals surface area contributed by atoms with Gasteiger partial charge in [0.25, 0.3) is 5.78 Å². The Bertz CT molecular complexity index is 1700. The molecular formula is C32H30N2O7S. The van der Waals surface area contributed by atoms with Crippen molar-refractivity contribution in [3.05, 3.63) is 77.4 Å². The Labute approximate surface area is 246 Å². The summed E-state index contributed by atoms with van der Waals surface area (Å²) in [6.45, 7) is 5.84. The summed E-state index contributed by atoms with van der Waals surface area (Å²) in [5, 5.41) is 11.9. The molecule has 0 aliphatic carbocycles. The molecule has 1 unspecified atom stereocenters. The van der Waals surface area contributed by atoms with Gasteiger partial charge in [0.1, 0.15) is 30.5 Å². The van der Waals surface area contributed by atoms with E-state index >= 15 is 0 Å². The third-order valence-corrected chi connectivity index (χ3v) is 8.08. The highest BCUT2D eigenvalue weighted by atomic mass is 32.1. The summed E-state index contributed by atoms with van der Waals surface area (Å²) in [4.78, 5) is 33.5. The van der Waals surface area contributed by atoms with Crippen molar-refractivity contribution in [3.63, 3.8) is 0 Å². The zero-order valence-electron chi connectivity index (χ0n) is 23.3. The molecule has 1 atom stereocenters. The predicted molar refractivity (Wildman–Crippen MR) is 160 cm³/mol. The van der Waals surface area contributed by atoms with Crippen molar-refractivity contribution in [1.29, 1.82) is 0 Å². The monoisotopic (exact) mass is 586 g/mol. The molecule has 9 nitrogen and oxygen atoms in total. The van der Waals surface area contributed by atoms with Crippen molar-refractivity contribution in [2.75, 3.05) is 31.3 Å². The number of ether oxygens (including phenoxy) is 4. The number of aliphatic hydroxyl groups is 1. The second-order valence-electron chi connectivity index (χ2n) is 9.86. The number of Topliss-reactive ketones (excluding diaryl/α,β-unsaturated/α-hetero) is 1. The van der Waals surface area contributed by atoms with E-state index < -0.39 is 17.7 Å². The number of thiazole rings is 1. The molecule has 42 heavy (non-hydrogen) atoms. The third kappa shape index (κ3) is 5.14. The second kappa shape index (κ2) is 11.7. The number of aliphatic hydroxyl groups excluding tert-OH is 1. The van der Waals surface area contributed by atoms with E-state index in [9.17, 15) is 14.7 Å². The van der Waals surface area contributed by atoms with Crippen LogP contribution in [0.4, 0.5) is 5.13 Å². The number of ketones is 1. The maximum atomic E-state index is 13.7. The molecule has 0 saturated carbocycles. The summed E-state index contributed by atoms with van der Waals surface area (Å²) < 4.78 is 23.7. The van der Waals surface area contributed by atoms with Gasteiger partial charge >= 0.3 is 5.91 Å². The molecule has 10 heteroatoms. The van der Waals surface area contributed by atoms with E-state index in [1.807, 2.05) is 43.3 Å². The number of carbonyl (C=O) groups is 2. The zero-order valence-corrected chi connectivity index (χ0v) is 24.1. The minimum atomic E-state index is -0.945. The van der Waals surface area contributed by atoms with Crippen LogP contribution in [0.5, 0.6) is 23.0 Å². The first-order valence-electron chi connectivity index (χ1n) is 14.0. The average Bonchev–Trinajstić information content (AvgIpc) is 3.54. The fourth-order valence-corrected chi connectivity index (χ4v) is 6.07. The van der Waals surface area contributed by atoms with Crippen LogP contribution in [0, 0.1) is 0 Å². The Morgan fingerprint density at radius 1 is 1.00 bits per heavy atom. The number of fused-ring (bicyclic) bond motifs is 2. The number of benzene rings is 3. The van der Waals surface area contributed by atoms with Gasteiger partial charge in [0.05, 0.1) is 35.0 Å². The van der Waals surface area contributed by atoms with Gasteiger partial charge in [-0.15, -0.1) is 0 Å². The van der Waals surface area contributed by atoms with Crippen LogP contribution in [-0.4, -0.2) is 48.2 Å². The summed E-state index contributed by atoms with van der Waals surface area (Å²) in [7, 11) is 0. The Balaban J connectivity index is 1.49. The molecule has 3 aromatic carbocycles. The van der Waals surface area contributed by atoms with Crippen molar-refractivity contribution in [3.8, 4) is 23.0 Å². The summed E-state index contributed by atoms with van der Waals surface area (Å²) in [6, 6.07) is 16.8. The van der Waals surface area contributed by atoms with Gasteiger partial charge in [0.15, 0.2) is 16.6 Å². The maximum absolute atomic E-state index is 13.7. The number of carbonyl (C=O) groups excluding carboxylic acids is 2. The highest BCUT2D eigenvalue weighted by Crippen LogP contribution is 2.46. The van der Waals surface area contributed by atoms with Crippen molar-refractivity contribution >= 4 is 44.1 Å². The first kappa shape index (κ1) is 27.6. The van der Waals surface area contributed by atoms with E-state index in [1.54, 1.807) is 24.3 Å². The molecule has 1 aromatic heterocycles. The van der Waals surface area contributed by atoms with Gasteiger partial charge in [0.2, 0.25) is 0 Å². The summed E-state index contributed by atoms with van der Waals surface area (Å²) in [6.07, 6.45) is 1.88. The van der Waals surface area contributed by atoms with Crippen LogP contribution in [0.2, 0.25) is 0 Å². The molecule has 0 spiro atoms. The van der Waals surface area contributed by atoms with Gasteiger partial charge in [-0.05, 0) is 67.4 Å². The minimum absolute atomic E-state index is 0.0448. The summed E-state index contributed by atoms with van der Waals surface area (Å²) >= 11 is 1.28. The Morgan fingerprint density at radius 3 is 2.62 bits per heavy atom. The van der Waals surface area contributed by atoms with Gasteiger partial charge in [-0.1, -0.05) is 36.8 Å². The number of amides is 1. The topological polar surface area (TPSA) is 107 Å². The molecule has 1 amide bonds. The number of aromatic nitrogens is 1. The summed E-state index contributed by atoms with van der Waals surface area (Å²) in [5.41, 5.74) is 1.57. The molecule has 1 saturated heterocycles. The maximum Gasteiger partial charge on any atom is 0.301 e. The van der Waals surface area contributed by atoms with Crippen LogP contribution >= 0.6 is 11.3 Å². The van der Waals surface area contributed by atoms with E-state index in [0.717, 1.165) is 17.5 Å². The highest BCUT2D eigenvalue weighted by molar-refractivity contribution is 7.22. The largest absolute Gasteiger partial charge is 0.507 e. The molecule has 2 aliphatic rings. The number of rotatable bonds is 9. The number of hydrogen-bond donors (Lipinski definition) is 1. The second-order valence-corrected chi connectivity index (χ2v) is 10.9. The third-order valence-electron chi connectivity index (χ3n) is 7.07. The molecule has 4 aromatic rings. The van der Waals surface area contributed by atoms with E-state index in [-0.39, 0.29) is 11.3 Å². The number of anilines is 1. The Morgan fingerprint density at radius 2 is 1.81 bits per heavy atom. The molecule has 6 rings (SSSR count). The van der Waals surface area contributed by atoms with Gasteiger partial charge in [0, 0.05) is 5.56 Å². The van der Waals surface area contributed by atoms with E-state index in [1.165, 1.54) is 16.2 Å². The number of hydrogen-bond acceptors (Lipinski definition) is 9. The zero-order chi connectivity index (χ0) is 29.2.